The molecule has 0 aliphatic heterocycles. The highest BCUT2D eigenvalue weighted by Gasteiger charge is 2.38. The molecule has 0 spiro atoms. The number of aliphatic hydroxyl groups is 1. The van der Waals surface area contributed by atoms with Crippen molar-refractivity contribution < 1.29 is 9.90 Å². The molecule has 1 amide bonds. The Balaban J connectivity index is 1.45. The smallest absolute Gasteiger partial charge is 0.251 e. The molecule has 2 aromatic rings. The fraction of sp³-hybridized carbons (Fsp3) is 0.471. The first-order valence-corrected chi connectivity index (χ1v) is 8.91. The molecule has 2 N–H and O–H groups in total. The minimum Gasteiger partial charge on any atom is -0.380 e. The third-order valence-corrected chi connectivity index (χ3v) is 5.14. The molecule has 0 unspecified atom stereocenters. The summed E-state index contributed by atoms with van der Waals surface area (Å²) in [4.78, 5) is 20.6. The minimum atomic E-state index is -1.13. The lowest BCUT2D eigenvalue weighted by molar-refractivity contribution is -0.139. The summed E-state index contributed by atoms with van der Waals surface area (Å²) in [6.07, 6.45) is 8.21. The molecule has 2 aromatic heterocycles. The van der Waals surface area contributed by atoms with Crippen LogP contribution in [0.3, 0.4) is 0 Å². The Morgan fingerprint density at radius 2 is 2.04 bits per heavy atom. The van der Waals surface area contributed by atoms with Gasteiger partial charge in [0, 0.05) is 36.3 Å². The van der Waals surface area contributed by atoms with E-state index in [1.165, 1.54) is 0 Å². The Morgan fingerprint density at radius 1 is 1.30 bits per heavy atom. The molecular weight excluding hydrogens is 310 g/mol. The van der Waals surface area contributed by atoms with Crippen LogP contribution in [0.2, 0.25) is 0 Å². The molecule has 3 rings (SSSR count). The number of nitrogens with one attached hydrogen (secondary N) is 1. The first kappa shape index (κ1) is 16.1. The van der Waals surface area contributed by atoms with Crippen LogP contribution in [0.5, 0.6) is 0 Å². The van der Waals surface area contributed by atoms with Crippen LogP contribution >= 0.6 is 11.3 Å². The minimum absolute atomic E-state index is 0.216. The molecule has 1 fully saturated rings. The lowest BCUT2D eigenvalue weighted by Crippen LogP contribution is -2.45. The molecule has 0 saturated heterocycles. The third kappa shape index (κ3) is 3.95. The summed E-state index contributed by atoms with van der Waals surface area (Å²) in [7, 11) is 0. The number of amides is 1. The van der Waals surface area contributed by atoms with E-state index in [4.69, 9.17) is 0 Å². The quantitative estimate of drug-likeness (QED) is 0.798. The fourth-order valence-corrected chi connectivity index (χ4v) is 3.72. The monoisotopic (exact) mass is 331 g/mol. The van der Waals surface area contributed by atoms with Crippen molar-refractivity contribution in [2.75, 3.05) is 6.54 Å². The second-order valence-corrected chi connectivity index (χ2v) is 6.90. The highest BCUT2D eigenvalue weighted by molar-refractivity contribution is 7.09. The first-order valence-electron chi connectivity index (χ1n) is 8.03. The third-order valence-electron chi connectivity index (χ3n) is 4.23. The van der Waals surface area contributed by atoms with E-state index < -0.39 is 5.60 Å². The van der Waals surface area contributed by atoms with E-state index in [0.717, 1.165) is 41.9 Å². The topological polar surface area (TPSA) is 75.1 Å². The largest absolute Gasteiger partial charge is 0.380 e. The van der Waals surface area contributed by atoms with Crippen molar-refractivity contribution in [3.63, 3.8) is 0 Å². The summed E-state index contributed by atoms with van der Waals surface area (Å²) in [5, 5.41) is 16.1. The van der Waals surface area contributed by atoms with Crippen LogP contribution in [0, 0.1) is 0 Å². The van der Waals surface area contributed by atoms with Crippen molar-refractivity contribution in [1.82, 2.24) is 15.3 Å². The average Bonchev–Trinajstić information content (AvgIpc) is 3.22. The number of aryl methyl sites for hydroxylation is 1. The fourth-order valence-electron chi connectivity index (χ4n) is 2.87. The zero-order valence-electron chi connectivity index (χ0n) is 13.0. The highest BCUT2D eigenvalue weighted by atomic mass is 32.1. The van der Waals surface area contributed by atoms with Crippen molar-refractivity contribution in [2.45, 2.75) is 44.1 Å². The number of thiazole rings is 1. The summed E-state index contributed by atoms with van der Waals surface area (Å²) in [5.41, 5.74) is 0.909. The summed E-state index contributed by atoms with van der Waals surface area (Å²) in [5.74, 6) is -0.216. The van der Waals surface area contributed by atoms with Crippen molar-refractivity contribution in [1.29, 1.82) is 0 Å². The lowest BCUT2D eigenvalue weighted by Gasteiger charge is -2.20. The molecular formula is C17H21N3O2S. The van der Waals surface area contributed by atoms with Gasteiger partial charge in [0.15, 0.2) is 0 Å². The van der Waals surface area contributed by atoms with Crippen molar-refractivity contribution in [2.24, 2.45) is 0 Å². The Labute approximate surface area is 139 Å². The van der Waals surface area contributed by atoms with Gasteiger partial charge in [-0.25, -0.2) is 4.98 Å². The van der Waals surface area contributed by atoms with Gasteiger partial charge in [0.05, 0.1) is 10.7 Å². The van der Waals surface area contributed by atoms with Crippen LogP contribution in [0.15, 0.2) is 29.9 Å². The SMILES string of the molecule is O=C(NCCCc1nc(-c2ccncc2)cs1)C1(O)CCCC1. The number of hydrogen-bond donors (Lipinski definition) is 2. The first-order chi connectivity index (χ1) is 11.2. The lowest BCUT2D eigenvalue weighted by atomic mass is 10.0. The van der Waals surface area contributed by atoms with Gasteiger partial charge in [0.1, 0.15) is 5.60 Å². The molecule has 1 saturated carbocycles. The average molecular weight is 331 g/mol. The molecule has 2 heterocycles. The number of pyridine rings is 1. The van der Waals surface area contributed by atoms with Gasteiger partial charge in [-0.15, -0.1) is 11.3 Å². The van der Waals surface area contributed by atoms with E-state index in [9.17, 15) is 9.90 Å². The Hall–Kier alpha value is -1.79. The Morgan fingerprint density at radius 3 is 2.78 bits per heavy atom. The number of nitrogens with zero attached hydrogens (tertiary/aromatic N) is 2. The van der Waals surface area contributed by atoms with E-state index in [-0.39, 0.29) is 5.91 Å². The van der Waals surface area contributed by atoms with E-state index in [1.54, 1.807) is 23.7 Å². The molecule has 0 radical (unpaired) electrons. The van der Waals surface area contributed by atoms with Crippen LogP contribution in [0.1, 0.15) is 37.1 Å². The summed E-state index contributed by atoms with van der Waals surface area (Å²) >= 11 is 1.63. The standard InChI is InChI=1S/C17H21N3O2S/c21-16(17(22)7-1-2-8-17)19-9-3-4-15-20-14(12-23-15)13-5-10-18-11-6-13/h5-6,10-12,22H,1-4,7-9H2,(H,19,21). The van der Waals surface area contributed by atoms with Crippen LogP contribution in [-0.2, 0) is 11.2 Å². The van der Waals surface area contributed by atoms with Gasteiger partial charge in [0.2, 0.25) is 0 Å². The van der Waals surface area contributed by atoms with E-state index in [2.05, 4.69) is 15.3 Å². The summed E-state index contributed by atoms with van der Waals surface area (Å²) < 4.78 is 0. The van der Waals surface area contributed by atoms with Gasteiger partial charge in [-0.3, -0.25) is 9.78 Å². The number of aromatic nitrogens is 2. The number of hydrogen-bond acceptors (Lipinski definition) is 5. The molecule has 1 aliphatic carbocycles. The highest BCUT2D eigenvalue weighted by Crippen LogP contribution is 2.29. The molecule has 5 nitrogen and oxygen atoms in total. The number of rotatable bonds is 6. The zero-order valence-corrected chi connectivity index (χ0v) is 13.8. The van der Waals surface area contributed by atoms with Gasteiger partial charge in [0.25, 0.3) is 5.91 Å². The Bertz CT molecular complexity index is 651. The van der Waals surface area contributed by atoms with E-state index >= 15 is 0 Å². The van der Waals surface area contributed by atoms with Crippen molar-refractivity contribution in [3.8, 4) is 11.3 Å². The van der Waals surface area contributed by atoms with E-state index in [0.29, 0.717) is 19.4 Å². The van der Waals surface area contributed by atoms with E-state index in [1.807, 2.05) is 17.5 Å². The second kappa shape index (κ2) is 7.19. The maximum absolute atomic E-state index is 12.0. The molecule has 6 heteroatoms. The van der Waals surface area contributed by atoms with Gasteiger partial charge in [-0.2, -0.15) is 0 Å². The van der Waals surface area contributed by atoms with Crippen molar-refractivity contribution >= 4 is 17.2 Å². The molecule has 0 atom stereocenters. The van der Waals surface area contributed by atoms with Gasteiger partial charge < -0.3 is 10.4 Å². The summed E-state index contributed by atoms with van der Waals surface area (Å²) in [6.45, 7) is 0.575. The van der Waals surface area contributed by atoms with Crippen LogP contribution < -0.4 is 5.32 Å². The normalized spacial score (nSPS) is 16.4. The molecule has 0 aromatic carbocycles. The van der Waals surface area contributed by atoms with Crippen LogP contribution in [0.25, 0.3) is 11.3 Å². The second-order valence-electron chi connectivity index (χ2n) is 5.96. The maximum atomic E-state index is 12.0. The van der Waals surface area contributed by atoms with Crippen LogP contribution in [-0.4, -0.2) is 33.1 Å². The predicted octanol–water partition coefficient (Wildman–Crippen LogP) is 2.56. The zero-order chi connectivity index (χ0) is 16.1. The molecule has 1 aliphatic rings. The molecule has 122 valence electrons. The predicted molar refractivity (Wildman–Crippen MR) is 90.1 cm³/mol. The molecule has 0 bridgehead atoms. The van der Waals surface area contributed by atoms with Gasteiger partial charge in [-0.1, -0.05) is 0 Å². The summed E-state index contributed by atoms with van der Waals surface area (Å²) in [6, 6.07) is 3.89. The van der Waals surface area contributed by atoms with Crippen LogP contribution in [0.4, 0.5) is 0 Å². The van der Waals surface area contributed by atoms with Crippen molar-refractivity contribution in [3.05, 3.63) is 34.9 Å². The van der Waals surface area contributed by atoms with Gasteiger partial charge >= 0.3 is 0 Å². The molecule has 23 heavy (non-hydrogen) atoms. The van der Waals surface area contributed by atoms with Gasteiger partial charge in [-0.05, 0) is 44.2 Å². The Kier molecular flexibility index (Phi) is 5.03. The maximum Gasteiger partial charge on any atom is 0.251 e. The number of carbonyl (C=O) groups excluding carboxylic acids is 1. The number of carbonyl (C=O) groups is 1.